The SMILES string of the molecule is CCCC(NCC1CCC(C(=O)O)O1)c1cccs1. The van der Waals surface area contributed by atoms with Crippen molar-refractivity contribution in [2.75, 3.05) is 6.54 Å². The van der Waals surface area contributed by atoms with Crippen LogP contribution in [0.25, 0.3) is 0 Å². The number of rotatable bonds is 7. The molecule has 0 amide bonds. The van der Waals surface area contributed by atoms with Crippen LogP contribution < -0.4 is 5.32 Å². The van der Waals surface area contributed by atoms with Crippen LogP contribution in [-0.2, 0) is 9.53 Å². The predicted molar refractivity (Wildman–Crippen MR) is 75.5 cm³/mol. The number of ether oxygens (including phenoxy) is 1. The molecule has 4 nitrogen and oxygen atoms in total. The Labute approximate surface area is 117 Å². The highest BCUT2D eigenvalue weighted by Crippen LogP contribution is 2.25. The van der Waals surface area contributed by atoms with Gasteiger partial charge in [-0.05, 0) is 30.7 Å². The molecule has 1 fully saturated rings. The monoisotopic (exact) mass is 283 g/mol. The molecule has 3 unspecified atom stereocenters. The van der Waals surface area contributed by atoms with Gasteiger partial charge in [0.2, 0.25) is 0 Å². The largest absolute Gasteiger partial charge is 0.479 e. The summed E-state index contributed by atoms with van der Waals surface area (Å²) in [6, 6.07) is 4.57. The van der Waals surface area contributed by atoms with Gasteiger partial charge in [-0.2, -0.15) is 0 Å². The van der Waals surface area contributed by atoms with E-state index in [1.54, 1.807) is 11.3 Å². The lowest BCUT2D eigenvalue weighted by atomic mass is 10.1. The third-order valence-corrected chi connectivity index (χ3v) is 4.42. The van der Waals surface area contributed by atoms with Gasteiger partial charge >= 0.3 is 5.97 Å². The number of carbonyl (C=O) groups is 1. The molecule has 1 aliphatic heterocycles. The molecule has 0 spiro atoms. The fourth-order valence-electron chi connectivity index (χ4n) is 2.43. The summed E-state index contributed by atoms with van der Waals surface area (Å²) >= 11 is 1.76. The number of aliphatic carboxylic acids is 1. The molecule has 0 saturated carbocycles. The van der Waals surface area contributed by atoms with Gasteiger partial charge in [0.25, 0.3) is 0 Å². The van der Waals surface area contributed by atoms with E-state index in [4.69, 9.17) is 9.84 Å². The summed E-state index contributed by atoms with van der Waals surface area (Å²) in [6.07, 6.45) is 3.08. The van der Waals surface area contributed by atoms with Crippen LogP contribution in [0.4, 0.5) is 0 Å². The van der Waals surface area contributed by atoms with Gasteiger partial charge in [-0.3, -0.25) is 0 Å². The molecule has 2 heterocycles. The van der Waals surface area contributed by atoms with Crippen LogP contribution in [0.3, 0.4) is 0 Å². The fourth-order valence-corrected chi connectivity index (χ4v) is 3.27. The van der Waals surface area contributed by atoms with Gasteiger partial charge in [0.15, 0.2) is 6.10 Å². The maximum atomic E-state index is 10.8. The van der Waals surface area contributed by atoms with Gasteiger partial charge in [0, 0.05) is 17.5 Å². The molecule has 5 heteroatoms. The predicted octanol–water partition coefficient (Wildman–Crippen LogP) is 2.81. The van der Waals surface area contributed by atoms with E-state index < -0.39 is 12.1 Å². The number of carboxylic acids is 1. The molecule has 1 aromatic heterocycles. The van der Waals surface area contributed by atoms with Crippen LogP contribution in [0, 0.1) is 0 Å². The highest BCUT2D eigenvalue weighted by Gasteiger charge is 2.30. The first-order chi connectivity index (χ1) is 9.20. The van der Waals surface area contributed by atoms with Crippen molar-refractivity contribution in [1.82, 2.24) is 5.32 Å². The Morgan fingerprint density at radius 2 is 2.47 bits per heavy atom. The van der Waals surface area contributed by atoms with Crippen LogP contribution in [0.5, 0.6) is 0 Å². The van der Waals surface area contributed by atoms with Crippen molar-refractivity contribution in [1.29, 1.82) is 0 Å². The summed E-state index contributed by atoms with van der Waals surface area (Å²) in [5.41, 5.74) is 0. The van der Waals surface area contributed by atoms with Crippen LogP contribution >= 0.6 is 11.3 Å². The van der Waals surface area contributed by atoms with Gasteiger partial charge in [0.05, 0.1) is 6.10 Å². The lowest BCUT2D eigenvalue weighted by Crippen LogP contribution is -2.31. The minimum absolute atomic E-state index is 0.0282. The first-order valence-electron chi connectivity index (χ1n) is 6.85. The normalized spacial score (nSPS) is 24.5. The zero-order chi connectivity index (χ0) is 13.7. The Morgan fingerprint density at radius 3 is 3.05 bits per heavy atom. The molecule has 1 saturated heterocycles. The average Bonchev–Trinajstić information content (AvgIpc) is 3.05. The summed E-state index contributed by atoms with van der Waals surface area (Å²) in [5.74, 6) is -0.842. The Hall–Kier alpha value is -0.910. The minimum Gasteiger partial charge on any atom is -0.479 e. The highest BCUT2D eigenvalue weighted by atomic mass is 32.1. The molecule has 2 rings (SSSR count). The molecule has 0 aromatic carbocycles. The molecule has 3 atom stereocenters. The number of hydrogen-bond donors (Lipinski definition) is 2. The molecule has 0 aliphatic carbocycles. The van der Waals surface area contributed by atoms with Crippen molar-refractivity contribution in [2.45, 2.75) is 50.9 Å². The lowest BCUT2D eigenvalue weighted by Gasteiger charge is -2.19. The van der Waals surface area contributed by atoms with Gasteiger partial charge in [-0.25, -0.2) is 4.79 Å². The summed E-state index contributed by atoms with van der Waals surface area (Å²) < 4.78 is 5.51. The molecular formula is C14H21NO3S. The van der Waals surface area contributed by atoms with Gasteiger partial charge in [-0.1, -0.05) is 19.4 Å². The summed E-state index contributed by atoms with van der Waals surface area (Å²) in [4.78, 5) is 12.2. The van der Waals surface area contributed by atoms with Crippen LogP contribution in [0.15, 0.2) is 17.5 Å². The molecule has 19 heavy (non-hydrogen) atoms. The van der Waals surface area contributed by atoms with Gasteiger partial charge in [-0.15, -0.1) is 11.3 Å². The molecule has 1 aromatic rings. The summed E-state index contributed by atoms with van der Waals surface area (Å²) in [6.45, 7) is 2.90. The maximum absolute atomic E-state index is 10.8. The van der Waals surface area contributed by atoms with Gasteiger partial charge < -0.3 is 15.2 Å². The van der Waals surface area contributed by atoms with Crippen molar-refractivity contribution >= 4 is 17.3 Å². The van der Waals surface area contributed by atoms with E-state index in [-0.39, 0.29) is 6.10 Å². The third-order valence-electron chi connectivity index (χ3n) is 3.44. The number of hydrogen-bond acceptors (Lipinski definition) is 4. The van der Waals surface area contributed by atoms with E-state index in [1.807, 2.05) is 0 Å². The van der Waals surface area contributed by atoms with Crippen molar-refractivity contribution in [3.8, 4) is 0 Å². The van der Waals surface area contributed by atoms with Gasteiger partial charge in [0.1, 0.15) is 0 Å². The quantitative estimate of drug-likeness (QED) is 0.808. The minimum atomic E-state index is -0.842. The molecule has 106 valence electrons. The van der Waals surface area contributed by atoms with E-state index in [0.717, 1.165) is 25.8 Å². The zero-order valence-electron chi connectivity index (χ0n) is 11.2. The average molecular weight is 283 g/mol. The first kappa shape index (κ1) is 14.5. The Morgan fingerprint density at radius 1 is 1.63 bits per heavy atom. The van der Waals surface area contributed by atoms with E-state index in [1.165, 1.54) is 4.88 Å². The smallest absolute Gasteiger partial charge is 0.332 e. The van der Waals surface area contributed by atoms with Crippen LogP contribution in [0.1, 0.15) is 43.5 Å². The van der Waals surface area contributed by atoms with Crippen LogP contribution in [-0.4, -0.2) is 29.8 Å². The molecule has 1 aliphatic rings. The highest BCUT2D eigenvalue weighted by molar-refractivity contribution is 7.10. The standard InChI is InChI=1S/C14H21NO3S/c1-2-4-11(13-5-3-8-19-13)15-9-10-6-7-12(18-10)14(16)17/h3,5,8,10-12,15H,2,4,6-7,9H2,1H3,(H,16,17). The molecule has 0 radical (unpaired) electrons. The number of nitrogens with one attached hydrogen (secondary N) is 1. The van der Waals surface area contributed by atoms with E-state index >= 15 is 0 Å². The molecular weight excluding hydrogens is 262 g/mol. The van der Waals surface area contributed by atoms with E-state index in [0.29, 0.717) is 12.5 Å². The molecule has 0 bridgehead atoms. The summed E-state index contributed by atoms with van der Waals surface area (Å²) in [7, 11) is 0. The fraction of sp³-hybridized carbons (Fsp3) is 0.643. The second kappa shape index (κ2) is 7.03. The number of thiophene rings is 1. The Balaban J connectivity index is 1.81. The van der Waals surface area contributed by atoms with E-state index in [9.17, 15) is 4.79 Å². The topological polar surface area (TPSA) is 58.6 Å². The number of carboxylic acid groups (broad SMARTS) is 1. The van der Waals surface area contributed by atoms with Crippen molar-refractivity contribution in [3.63, 3.8) is 0 Å². The third kappa shape index (κ3) is 4.03. The second-order valence-electron chi connectivity index (χ2n) is 4.93. The maximum Gasteiger partial charge on any atom is 0.332 e. The Kier molecular flexibility index (Phi) is 5.36. The molecule has 2 N–H and O–H groups in total. The first-order valence-corrected chi connectivity index (χ1v) is 7.73. The van der Waals surface area contributed by atoms with Crippen molar-refractivity contribution in [3.05, 3.63) is 22.4 Å². The van der Waals surface area contributed by atoms with Crippen molar-refractivity contribution in [2.24, 2.45) is 0 Å². The summed E-state index contributed by atoms with van der Waals surface area (Å²) in [5, 5.41) is 14.5. The van der Waals surface area contributed by atoms with E-state index in [2.05, 4.69) is 29.8 Å². The van der Waals surface area contributed by atoms with Crippen LogP contribution in [0.2, 0.25) is 0 Å². The Bertz CT molecular complexity index is 393. The lowest BCUT2D eigenvalue weighted by molar-refractivity contribution is -0.149. The second-order valence-corrected chi connectivity index (χ2v) is 5.91. The zero-order valence-corrected chi connectivity index (χ0v) is 12.0. The van der Waals surface area contributed by atoms with Crippen molar-refractivity contribution < 1.29 is 14.6 Å².